The average Bonchev–Trinajstić information content (AvgIpc) is 2.77. The summed E-state index contributed by atoms with van der Waals surface area (Å²) >= 11 is 0. The Bertz CT molecular complexity index is 942. The van der Waals surface area contributed by atoms with E-state index in [9.17, 15) is 9.59 Å². The number of morpholine rings is 1. The first-order chi connectivity index (χ1) is 14.6. The lowest BCUT2D eigenvalue weighted by atomic mass is 9.79. The second kappa shape index (κ2) is 9.18. The molecule has 1 aliphatic heterocycles. The maximum atomic E-state index is 12.5. The van der Waals surface area contributed by atoms with Crippen molar-refractivity contribution in [3.63, 3.8) is 0 Å². The van der Waals surface area contributed by atoms with Crippen molar-refractivity contribution in [2.75, 3.05) is 39.5 Å². The van der Waals surface area contributed by atoms with Gasteiger partial charge in [-0.1, -0.05) is 19.3 Å². The molecule has 0 bridgehead atoms. The third-order valence-corrected chi connectivity index (χ3v) is 6.37. The molecular weight excluding hydrogens is 384 g/mol. The van der Waals surface area contributed by atoms with Crippen molar-refractivity contribution in [1.29, 1.82) is 0 Å². The van der Waals surface area contributed by atoms with Gasteiger partial charge >= 0.3 is 5.63 Å². The van der Waals surface area contributed by atoms with Gasteiger partial charge in [0.1, 0.15) is 11.3 Å². The number of amides is 1. The molecule has 1 aromatic heterocycles. The van der Waals surface area contributed by atoms with Crippen molar-refractivity contribution in [2.24, 2.45) is 0 Å². The standard InChI is InChI=1S/C23H30N2O5/c1-17-13-22(27)30-20-14-18(5-6-19(17)20)29-15-21(26)24-16-23(7-3-2-4-8-23)25-9-11-28-12-10-25/h5-6,13-14H,2-4,7-12,15-16H2,1H3,(H,24,26). The summed E-state index contributed by atoms with van der Waals surface area (Å²) in [7, 11) is 0. The summed E-state index contributed by atoms with van der Waals surface area (Å²) in [5, 5.41) is 3.95. The predicted molar refractivity (Wildman–Crippen MR) is 114 cm³/mol. The summed E-state index contributed by atoms with van der Waals surface area (Å²) in [6, 6.07) is 6.76. The van der Waals surface area contributed by atoms with E-state index < -0.39 is 5.63 Å². The Balaban J connectivity index is 1.36. The van der Waals surface area contributed by atoms with Crippen LogP contribution >= 0.6 is 0 Å². The molecule has 0 radical (unpaired) electrons. The molecule has 1 saturated heterocycles. The van der Waals surface area contributed by atoms with E-state index in [0.29, 0.717) is 17.9 Å². The van der Waals surface area contributed by atoms with Crippen LogP contribution in [-0.2, 0) is 9.53 Å². The molecule has 2 fully saturated rings. The lowest BCUT2D eigenvalue weighted by Crippen LogP contribution is -2.60. The Labute approximate surface area is 176 Å². The zero-order valence-electron chi connectivity index (χ0n) is 17.6. The van der Waals surface area contributed by atoms with Crippen LogP contribution < -0.4 is 15.7 Å². The number of fused-ring (bicyclic) bond motifs is 1. The van der Waals surface area contributed by atoms with Gasteiger partial charge in [0, 0.05) is 42.7 Å². The van der Waals surface area contributed by atoms with E-state index in [1.165, 1.54) is 25.3 Å². The summed E-state index contributed by atoms with van der Waals surface area (Å²) in [6.45, 7) is 5.80. The van der Waals surface area contributed by atoms with Gasteiger partial charge in [0.15, 0.2) is 6.61 Å². The molecule has 2 aromatic rings. The lowest BCUT2D eigenvalue weighted by Gasteiger charge is -2.48. The van der Waals surface area contributed by atoms with E-state index in [2.05, 4.69) is 10.2 Å². The smallest absolute Gasteiger partial charge is 0.336 e. The zero-order chi connectivity index (χ0) is 21.0. The monoisotopic (exact) mass is 414 g/mol. The highest BCUT2D eigenvalue weighted by Gasteiger charge is 2.38. The largest absolute Gasteiger partial charge is 0.484 e. The van der Waals surface area contributed by atoms with E-state index in [-0.39, 0.29) is 18.1 Å². The molecule has 1 saturated carbocycles. The van der Waals surface area contributed by atoms with Gasteiger partial charge in [0.25, 0.3) is 5.91 Å². The maximum Gasteiger partial charge on any atom is 0.336 e. The molecule has 4 rings (SSSR count). The van der Waals surface area contributed by atoms with Crippen LogP contribution in [0.15, 0.2) is 33.5 Å². The van der Waals surface area contributed by atoms with E-state index in [1.807, 2.05) is 13.0 Å². The third-order valence-electron chi connectivity index (χ3n) is 6.37. The molecule has 0 atom stereocenters. The van der Waals surface area contributed by atoms with Crippen LogP contribution in [0.25, 0.3) is 11.0 Å². The number of ether oxygens (including phenoxy) is 2. The number of rotatable bonds is 6. The van der Waals surface area contributed by atoms with Crippen molar-refractivity contribution in [2.45, 2.75) is 44.6 Å². The molecule has 30 heavy (non-hydrogen) atoms. The molecule has 7 nitrogen and oxygen atoms in total. The Kier molecular flexibility index (Phi) is 6.39. The van der Waals surface area contributed by atoms with Crippen molar-refractivity contribution in [3.05, 3.63) is 40.2 Å². The van der Waals surface area contributed by atoms with Gasteiger partial charge in [0.05, 0.1) is 13.2 Å². The Hall–Kier alpha value is -2.38. The van der Waals surface area contributed by atoms with Gasteiger partial charge in [-0.3, -0.25) is 9.69 Å². The molecule has 2 heterocycles. The minimum atomic E-state index is -0.393. The average molecular weight is 415 g/mol. The van der Waals surface area contributed by atoms with Crippen molar-refractivity contribution < 1.29 is 18.7 Å². The van der Waals surface area contributed by atoms with Crippen LogP contribution in [-0.4, -0.2) is 55.8 Å². The van der Waals surface area contributed by atoms with Crippen LogP contribution in [0.4, 0.5) is 0 Å². The van der Waals surface area contributed by atoms with Crippen LogP contribution in [0.2, 0.25) is 0 Å². The topological polar surface area (TPSA) is 81.0 Å². The molecule has 1 amide bonds. The SMILES string of the molecule is Cc1cc(=O)oc2cc(OCC(=O)NCC3(N4CCOCC4)CCCCC3)ccc12. The van der Waals surface area contributed by atoms with Crippen molar-refractivity contribution in [1.82, 2.24) is 10.2 Å². The van der Waals surface area contributed by atoms with Crippen molar-refractivity contribution >= 4 is 16.9 Å². The summed E-state index contributed by atoms with van der Waals surface area (Å²) < 4.78 is 16.4. The number of carbonyl (C=O) groups excluding carboxylic acids is 1. The number of nitrogens with zero attached hydrogens (tertiary/aromatic N) is 1. The minimum Gasteiger partial charge on any atom is -0.484 e. The number of carbonyl (C=O) groups is 1. The van der Waals surface area contributed by atoms with Gasteiger partial charge in [0.2, 0.25) is 0 Å². The van der Waals surface area contributed by atoms with Gasteiger partial charge < -0.3 is 19.2 Å². The molecule has 2 aliphatic rings. The highest BCUT2D eigenvalue weighted by atomic mass is 16.5. The van der Waals surface area contributed by atoms with E-state index in [0.717, 1.165) is 50.1 Å². The second-order valence-electron chi connectivity index (χ2n) is 8.36. The highest BCUT2D eigenvalue weighted by molar-refractivity contribution is 5.81. The first kappa shape index (κ1) is 20.9. The van der Waals surface area contributed by atoms with Crippen LogP contribution in [0.3, 0.4) is 0 Å². The second-order valence-corrected chi connectivity index (χ2v) is 8.36. The fraction of sp³-hybridized carbons (Fsp3) is 0.565. The lowest BCUT2D eigenvalue weighted by molar-refractivity contribution is -0.124. The molecule has 162 valence electrons. The van der Waals surface area contributed by atoms with Crippen LogP contribution in [0.5, 0.6) is 5.75 Å². The van der Waals surface area contributed by atoms with Crippen molar-refractivity contribution in [3.8, 4) is 5.75 Å². The number of nitrogens with one attached hydrogen (secondary N) is 1. The fourth-order valence-electron chi connectivity index (χ4n) is 4.71. The molecule has 1 aromatic carbocycles. The number of benzene rings is 1. The molecule has 1 N–H and O–H groups in total. The van der Waals surface area contributed by atoms with E-state index in [1.54, 1.807) is 12.1 Å². The molecule has 1 aliphatic carbocycles. The first-order valence-electron chi connectivity index (χ1n) is 10.8. The fourth-order valence-corrected chi connectivity index (χ4v) is 4.71. The Morgan fingerprint density at radius 3 is 2.70 bits per heavy atom. The van der Waals surface area contributed by atoms with Crippen LogP contribution in [0, 0.1) is 6.92 Å². The molecule has 0 unspecified atom stereocenters. The third kappa shape index (κ3) is 4.68. The number of hydrogen-bond donors (Lipinski definition) is 1. The minimum absolute atomic E-state index is 0.0293. The number of hydrogen-bond acceptors (Lipinski definition) is 6. The van der Waals surface area contributed by atoms with Gasteiger partial charge in [-0.15, -0.1) is 0 Å². The van der Waals surface area contributed by atoms with Gasteiger partial charge in [-0.05, 0) is 37.5 Å². The quantitative estimate of drug-likeness (QED) is 0.732. The number of aryl methyl sites for hydroxylation is 1. The van der Waals surface area contributed by atoms with Gasteiger partial charge in [-0.2, -0.15) is 0 Å². The summed E-state index contributed by atoms with van der Waals surface area (Å²) in [5.74, 6) is 0.367. The summed E-state index contributed by atoms with van der Waals surface area (Å²) in [6.07, 6.45) is 5.88. The Morgan fingerprint density at radius 2 is 1.93 bits per heavy atom. The first-order valence-corrected chi connectivity index (χ1v) is 10.8. The normalized spacial score (nSPS) is 19.5. The zero-order valence-corrected chi connectivity index (χ0v) is 17.6. The van der Waals surface area contributed by atoms with Gasteiger partial charge in [-0.25, -0.2) is 4.79 Å². The van der Waals surface area contributed by atoms with E-state index in [4.69, 9.17) is 13.9 Å². The molecule has 0 spiro atoms. The highest BCUT2D eigenvalue weighted by Crippen LogP contribution is 2.33. The molecule has 7 heteroatoms. The Morgan fingerprint density at radius 1 is 1.17 bits per heavy atom. The predicted octanol–water partition coefficient (Wildman–Crippen LogP) is 2.63. The summed E-state index contributed by atoms with van der Waals surface area (Å²) in [4.78, 5) is 26.6. The molecular formula is C23H30N2O5. The van der Waals surface area contributed by atoms with E-state index >= 15 is 0 Å². The van der Waals surface area contributed by atoms with Crippen LogP contribution in [0.1, 0.15) is 37.7 Å². The maximum absolute atomic E-state index is 12.5. The summed E-state index contributed by atoms with van der Waals surface area (Å²) in [5.41, 5.74) is 0.954.